The van der Waals surface area contributed by atoms with Gasteiger partial charge in [0.1, 0.15) is 0 Å². The summed E-state index contributed by atoms with van der Waals surface area (Å²) in [6, 6.07) is 10.6. The Morgan fingerprint density at radius 2 is 2.18 bits per heavy atom. The number of nitrogens with one attached hydrogen (secondary N) is 1. The monoisotopic (exact) mass is 430 g/mol. The molecule has 4 rings (SSSR count). The van der Waals surface area contributed by atoms with E-state index in [4.69, 9.17) is 0 Å². The molecule has 0 radical (unpaired) electrons. The zero-order chi connectivity index (χ0) is 19.5. The van der Waals surface area contributed by atoms with Crippen LogP contribution in [0.4, 0.5) is 10.8 Å². The highest BCUT2D eigenvalue weighted by Gasteiger charge is 2.30. The summed E-state index contributed by atoms with van der Waals surface area (Å²) in [6.07, 6.45) is 2.13. The maximum absolute atomic E-state index is 12.8. The second-order valence-corrected chi connectivity index (χ2v) is 9.97. The van der Waals surface area contributed by atoms with Crippen molar-refractivity contribution < 1.29 is 4.79 Å². The number of benzene rings is 1. The molecule has 8 heteroatoms. The Bertz CT molecular complexity index is 954. The molecule has 1 N–H and O–H groups in total. The Morgan fingerprint density at radius 3 is 3.00 bits per heavy atom. The van der Waals surface area contributed by atoms with Crippen LogP contribution in [0.5, 0.6) is 0 Å². The van der Waals surface area contributed by atoms with E-state index in [1.54, 1.807) is 11.3 Å². The first-order chi connectivity index (χ1) is 13.6. The van der Waals surface area contributed by atoms with Gasteiger partial charge in [-0.05, 0) is 55.3 Å². The molecule has 1 amide bonds. The Morgan fingerprint density at radius 1 is 1.29 bits per heavy atom. The number of hydrogen-bond donors (Lipinski definition) is 1. The van der Waals surface area contributed by atoms with Crippen molar-refractivity contribution in [3.63, 3.8) is 0 Å². The molecule has 0 bridgehead atoms. The summed E-state index contributed by atoms with van der Waals surface area (Å²) in [5.74, 6) is 0.583. The number of thiophene rings is 1. The quantitative estimate of drug-likeness (QED) is 0.530. The van der Waals surface area contributed by atoms with E-state index in [0.717, 1.165) is 34.5 Å². The minimum atomic E-state index is 0.181. The third kappa shape index (κ3) is 4.24. The number of aryl methyl sites for hydroxylation is 1. The van der Waals surface area contributed by atoms with Crippen LogP contribution < -0.4 is 5.32 Å². The number of rotatable bonds is 6. The second kappa shape index (κ2) is 8.63. The van der Waals surface area contributed by atoms with Crippen molar-refractivity contribution in [3.05, 3.63) is 51.7 Å². The molecule has 2 aromatic heterocycles. The summed E-state index contributed by atoms with van der Waals surface area (Å²) in [6.45, 7) is 5.03. The van der Waals surface area contributed by atoms with E-state index in [9.17, 15) is 4.79 Å². The van der Waals surface area contributed by atoms with Gasteiger partial charge in [-0.3, -0.25) is 4.79 Å². The molecule has 3 heterocycles. The van der Waals surface area contributed by atoms with Gasteiger partial charge < -0.3 is 10.2 Å². The molecule has 1 aliphatic rings. The molecule has 146 valence electrons. The first kappa shape index (κ1) is 19.4. The molecule has 0 spiro atoms. The van der Waals surface area contributed by atoms with E-state index in [2.05, 4.69) is 52.9 Å². The first-order valence-corrected chi connectivity index (χ1v) is 11.9. The van der Waals surface area contributed by atoms with E-state index >= 15 is 0 Å². The fraction of sp³-hybridized carbons (Fsp3) is 0.350. The lowest BCUT2D eigenvalue weighted by Crippen LogP contribution is -2.31. The van der Waals surface area contributed by atoms with Crippen molar-refractivity contribution in [1.82, 2.24) is 15.1 Å². The Labute approximate surface area is 177 Å². The van der Waals surface area contributed by atoms with Crippen LogP contribution >= 0.6 is 34.4 Å². The van der Waals surface area contributed by atoms with Crippen molar-refractivity contribution in [2.24, 2.45) is 0 Å². The van der Waals surface area contributed by atoms with Crippen LogP contribution in [-0.2, 0) is 4.79 Å². The number of aromatic nitrogens is 2. The van der Waals surface area contributed by atoms with E-state index < -0.39 is 0 Å². The summed E-state index contributed by atoms with van der Waals surface area (Å²) in [7, 11) is 0. The van der Waals surface area contributed by atoms with Crippen LogP contribution in [0.25, 0.3) is 0 Å². The normalized spacial score (nSPS) is 16.5. The van der Waals surface area contributed by atoms with Gasteiger partial charge in [0.15, 0.2) is 4.34 Å². The largest absolute Gasteiger partial charge is 0.334 e. The molecule has 0 aliphatic carbocycles. The van der Waals surface area contributed by atoms with E-state index in [1.807, 2.05) is 17.0 Å². The van der Waals surface area contributed by atoms with Crippen LogP contribution in [0.15, 0.2) is 40.1 Å². The van der Waals surface area contributed by atoms with Gasteiger partial charge in [0.05, 0.1) is 11.8 Å². The summed E-state index contributed by atoms with van der Waals surface area (Å²) < 4.78 is 0.813. The van der Waals surface area contributed by atoms with Crippen molar-refractivity contribution >= 4 is 51.2 Å². The highest BCUT2D eigenvalue weighted by molar-refractivity contribution is 8.01. The van der Waals surface area contributed by atoms with E-state index in [0.29, 0.717) is 5.75 Å². The van der Waals surface area contributed by atoms with Crippen LogP contribution in [-0.4, -0.2) is 33.3 Å². The number of hydrogen-bond acceptors (Lipinski definition) is 7. The van der Waals surface area contributed by atoms with Crippen LogP contribution in [0, 0.1) is 13.8 Å². The predicted octanol–water partition coefficient (Wildman–Crippen LogP) is 5.42. The molecule has 5 nitrogen and oxygen atoms in total. The average molecular weight is 431 g/mol. The van der Waals surface area contributed by atoms with E-state index in [1.165, 1.54) is 39.1 Å². The third-order valence-corrected chi connectivity index (χ3v) is 7.95. The molecule has 28 heavy (non-hydrogen) atoms. The molecule has 1 fully saturated rings. The molecule has 3 aromatic rings. The zero-order valence-corrected chi connectivity index (χ0v) is 18.3. The predicted molar refractivity (Wildman–Crippen MR) is 118 cm³/mol. The number of anilines is 2. The number of likely N-dealkylation sites (tertiary alicyclic amines) is 1. The molecule has 0 saturated carbocycles. The van der Waals surface area contributed by atoms with Gasteiger partial charge in [0.2, 0.25) is 11.0 Å². The SMILES string of the molecule is Cc1cccc(Nc2nnc(SCC(=O)N3CCC[C@H]3c3cccs3)s2)c1C. The summed E-state index contributed by atoms with van der Waals surface area (Å²) in [4.78, 5) is 16.1. The topological polar surface area (TPSA) is 58.1 Å². The average Bonchev–Trinajstić information content (AvgIpc) is 3.44. The van der Waals surface area contributed by atoms with Crippen molar-refractivity contribution in [2.45, 2.75) is 37.1 Å². The third-order valence-electron chi connectivity index (χ3n) is 5.02. The van der Waals surface area contributed by atoms with Crippen LogP contribution in [0.2, 0.25) is 0 Å². The van der Waals surface area contributed by atoms with Gasteiger partial charge in [-0.2, -0.15) is 0 Å². The molecule has 1 saturated heterocycles. The maximum atomic E-state index is 12.8. The second-order valence-electron chi connectivity index (χ2n) is 6.79. The summed E-state index contributed by atoms with van der Waals surface area (Å²) >= 11 is 4.69. The van der Waals surface area contributed by atoms with Crippen molar-refractivity contribution in [1.29, 1.82) is 0 Å². The molecule has 1 aromatic carbocycles. The lowest BCUT2D eigenvalue weighted by Gasteiger charge is -2.23. The van der Waals surface area contributed by atoms with E-state index in [-0.39, 0.29) is 11.9 Å². The highest BCUT2D eigenvalue weighted by atomic mass is 32.2. The van der Waals surface area contributed by atoms with Crippen molar-refractivity contribution in [2.75, 3.05) is 17.6 Å². The fourth-order valence-electron chi connectivity index (χ4n) is 3.37. The fourth-order valence-corrected chi connectivity index (χ4v) is 5.89. The zero-order valence-electron chi connectivity index (χ0n) is 15.8. The van der Waals surface area contributed by atoms with Gasteiger partial charge in [-0.25, -0.2) is 0 Å². The minimum Gasteiger partial charge on any atom is -0.334 e. The van der Waals surface area contributed by atoms with Gasteiger partial charge in [0.25, 0.3) is 0 Å². The summed E-state index contributed by atoms with van der Waals surface area (Å²) in [5.41, 5.74) is 3.48. The molecule has 1 aliphatic heterocycles. The Balaban J connectivity index is 1.35. The highest BCUT2D eigenvalue weighted by Crippen LogP contribution is 2.36. The Hall–Kier alpha value is -1.90. The summed E-state index contributed by atoms with van der Waals surface area (Å²) in [5, 5.41) is 14.6. The first-order valence-electron chi connectivity index (χ1n) is 9.24. The van der Waals surface area contributed by atoms with Gasteiger partial charge in [-0.15, -0.1) is 21.5 Å². The standard InChI is InChI=1S/C20H22N4OS3/c1-13-6-3-7-15(14(13)2)21-19-22-23-20(28-19)27-12-18(25)24-10-4-8-16(24)17-9-5-11-26-17/h3,5-7,9,11,16H,4,8,10,12H2,1-2H3,(H,21,22)/t16-/m0/s1. The number of carbonyl (C=O) groups excluding carboxylic acids is 1. The lowest BCUT2D eigenvalue weighted by molar-refractivity contribution is -0.129. The smallest absolute Gasteiger partial charge is 0.233 e. The number of thioether (sulfide) groups is 1. The van der Waals surface area contributed by atoms with Gasteiger partial charge >= 0.3 is 0 Å². The minimum absolute atomic E-state index is 0.181. The molecule has 1 atom stereocenters. The van der Waals surface area contributed by atoms with Crippen LogP contribution in [0.3, 0.4) is 0 Å². The molecular weight excluding hydrogens is 408 g/mol. The van der Waals surface area contributed by atoms with Crippen LogP contribution in [0.1, 0.15) is 34.9 Å². The Kier molecular flexibility index (Phi) is 5.99. The van der Waals surface area contributed by atoms with Crippen molar-refractivity contribution in [3.8, 4) is 0 Å². The maximum Gasteiger partial charge on any atom is 0.233 e. The number of amides is 1. The molecular formula is C20H22N4OS3. The number of nitrogens with zero attached hydrogens (tertiary/aromatic N) is 3. The van der Waals surface area contributed by atoms with Gasteiger partial charge in [0, 0.05) is 17.1 Å². The van der Waals surface area contributed by atoms with Gasteiger partial charge in [-0.1, -0.05) is 41.3 Å². The molecule has 0 unspecified atom stereocenters. The number of carbonyl (C=O) groups is 1. The lowest BCUT2D eigenvalue weighted by atomic mass is 10.1.